The SMILES string of the molecule is Fc1ccc(CNCc2cc(Br)ccc2OCc2ccccc2F)cc1. The maximum absolute atomic E-state index is 13.7. The number of hydrogen-bond acceptors (Lipinski definition) is 2. The molecule has 0 heterocycles. The molecular formula is C21H18BrF2NO. The molecule has 0 unspecified atom stereocenters. The fourth-order valence-electron chi connectivity index (χ4n) is 2.54. The van der Waals surface area contributed by atoms with Crippen molar-refractivity contribution >= 4 is 15.9 Å². The van der Waals surface area contributed by atoms with E-state index >= 15 is 0 Å². The lowest BCUT2D eigenvalue weighted by molar-refractivity contribution is 0.296. The fourth-order valence-corrected chi connectivity index (χ4v) is 2.95. The highest BCUT2D eigenvalue weighted by atomic mass is 79.9. The Morgan fingerprint density at radius 2 is 1.62 bits per heavy atom. The molecule has 0 bridgehead atoms. The number of halogens is 3. The first-order valence-electron chi connectivity index (χ1n) is 8.21. The molecule has 0 radical (unpaired) electrons. The van der Waals surface area contributed by atoms with E-state index < -0.39 is 0 Å². The van der Waals surface area contributed by atoms with Gasteiger partial charge in [-0.1, -0.05) is 46.3 Å². The van der Waals surface area contributed by atoms with E-state index in [2.05, 4.69) is 21.2 Å². The lowest BCUT2D eigenvalue weighted by Gasteiger charge is -2.13. The standard InChI is InChI=1S/C21H18BrF2NO/c22-18-7-10-21(26-14-16-3-1-2-4-20(16)24)17(11-18)13-25-12-15-5-8-19(23)9-6-15/h1-11,25H,12-14H2. The van der Waals surface area contributed by atoms with E-state index in [-0.39, 0.29) is 18.2 Å². The number of benzene rings is 3. The van der Waals surface area contributed by atoms with Gasteiger partial charge in [-0.05, 0) is 42.0 Å². The molecule has 0 saturated carbocycles. The van der Waals surface area contributed by atoms with Crippen LogP contribution in [-0.2, 0) is 19.7 Å². The highest BCUT2D eigenvalue weighted by molar-refractivity contribution is 9.10. The van der Waals surface area contributed by atoms with Gasteiger partial charge < -0.3 is 10.1 Å². The predicted molar refractivity (Wildman–Crippen MR) is 102 cm³/mol. The first kappa shape index (κ1) is 18.5. The molecule has 0 atom stereocenters. The molecule has 0 amide bonds. The summed E-state index contributed by atoms with van der Waals surface area (Å²) in [6.07, 6.45) is 0. The molecule has 0 fully saturated rings. The zero-order chi connectivity index (χ0) is 18.4. The fraction of sp³-hybridized carbons (Fsp3) is 0.143. The second-order valence-corrected chi connectivity index (χ2v) is 6.78. The second-order valence-electron chi connectivity index (χ2n) is 5.86. The third kappa shape index (κ3) is 5.13. The number of hydrogen-bond donors (Lipinski definition) is 1. The van der Waals surface area contributed by atoms with Crippen LogP contribution in [0.2, 0.25) is 0 Å². The maximum Gasteiger partial charge on any atom is 0.129 e. The molecule has 3 rings (SSSR count). The van der Waals surface area contributed by atoms with E-state index in [1.54, 1.807) is 30.3 Å². The van der Waals surface area contributed by atoms with E-state index in [1.807, 2.05) is 18.2 Å². The molecule has 3 aromatic rings. The summed E-state index contributed by atoms with van der Waals surface area (Å²) in [5.74, 6) is 0.174. The van der Waals surface area contributed by atoms with E-state index in [1.165, 1.54) is 18.2 Å². The lowest BCUT2D eigenvalue weighted by Crippen LogP contribution is -2.14. The summed E-state index contributed by atoms with van der Waals surface area (Å²) in [4.78, 5) is 0. The summed E-state index contributed by atoms with van der Waals surface area (Å²) >= 11 is 3.46. The maximum atomic E-state index is 13.7. The van der Waals surface area contributed by atoms with Crippen LogP contribution in [0.1, 0.15) is 16.7 Å². The summed E-state index contributed by atoms with van der Waals surface area (Å²) in [6.45, 7) is 1.35. The van der Waals surface area contributed by atoms with Gasteiger partial charge in [0.25, 0.3) is 0 Å². The lowest BCUT2D eigenvalue weighted by atomic mass is 10.1. The van der Waals surface area contributed by atoms with Gasteiger partial charge >= 0.3 is 0 Å². The van der Waals surface area contributed by atoms with E-state index in [0.29, 0.717) is 24.4 Å². The minimum atomic E-state index is -0.277. The smallest absolute Gasteiger partial charge is 0.129 e. The van der Waals surface area contributed by atoms with Gasteiger partial charge in [0.05, 0.1) is 0 Å². The van der Waals surface area contributed by atoms with Crippen LogP contribution in [0.3, 0.4) is 0 Å². The summed E-state index contributed by atoms with van der Waals surface area (Å²) in [7, 11) is 0. The van der Waals surface area contributed by atoms with Crippen molar-refractivity contribution in [1.29, 1.82) is 0 Å². The number of ether oxygens (including phenoxy) is 1. The first-order valence-corrected chi connectivity index (χ1v) is 9.01. The largest absolute Gasteiger partial charge is 0.488 e. The van der Waals surface area contributed by atoms with Crippen molar-refractivity contribution in [3.63, 3.8) is 0 Å². The van der Waals surface area contributed by atoms with Gasteiger partial charge in [-0.3, -0.25) is 0 Å². The van der Waals surface area contributed by atoms with Crippen molar-refractivity contribution in [1.82, 2.24) is 5.32 Å². The molecule has 0 aliphatic heterocycles. The molecular weight excluding hydrogens is 400 g/mol. The van der Waals surface area contributed by atoms with Crippen LogP contribution in [0.25, 0.3) is 0 Å². The van der Waals surface area contributed by atoms with Gasteiger partial charge in [0, 0.05) is 28.7 Å². The zero-order valence-corrected chi connectivity index (χ0v) is 15.6. The van der Waals surface area contributed by atoms with Crippen molar-refractivity contribution in [2.24, 2.45) is 0 Å². The number of nitrogens with one attached hydrogen (secondary N) is 1. The van der Waals surface area contributed by atoms with Crippen molar-refractivity contribution in [3.05, 3.63) is 99.5 Å². The van der Waals surface area contributed by atoms with Crippen LogP contribution < -0.4 is 10.1 Å². The monoisotopic (exact) mass is 417 g/mol. The summed E-state index contributed by atoms with van der Waals surface area (Å²) < 4.78 is 33.5. The van der Waals surface area contributed by atoms with Gasteiger partial charge in [0.2, 0.25) is 0 Å². The zero-order valence-electron chi connectivity index (χ0n) is 14.0. The average Bonchev–Trinajstić information content (AvgIpc) is 2.64. The molecule has 1 N–H and O–H groups in total. The molecule has 2 nitrogen and oxygen atoms in total. The minimum Gasteiger partial charge on any atom is -0.488 e. The van der Waals surface area contributed by atoms with Crippen LogP contribution in [0.4, 0.5) is 8.78 Å². The van der Waals surface area contributed by atoms with Gasteiger partial charge in [-0.15, -0.1) is 0 Å². The molecule has 0 aliphatic carbocycles. The van der Waals surface area contributed by atoms with Crippen LogP contribution in [0, 0.1) is 11.6 Å². The first-order chi connectivity index (χ1) is 12.6. The third-order valence-electron chi connectivity index (χ3n) is 3.92. The third-order valence-corrected chi connectivity index (χ3v) is 4.41. The number of rotatable bonds is 7. The second kappa shape index (κ2) is 8.92. The van der Waals surface area contributed by atoms with Crippen LogP contribution in [0.15, 0.2) is 71.2 Å². The Morgan fingerprint density at radius 1 is 0.846 bits per heavy atom. The van der Waals surface area contributed by atoms with Crippen LogP contribution in [-0.4, -0.2) is 0 Å². The van der Waals surface area contributed by atoms with Crippen molar-refractivity contribution in [2.75, 3.05) is 0 Å². The van der Waals surface area contributed by atoms with Gasteiger partial charge in [0.1, 0.15) is 24.0 Å². The van der Waals surface area contributed by atoms with Crippen LogP contribution >= 0.6 is 15.9 Å². The topological polar surface area (TPSA) is 21.3 Å². The predicted octanol–water partition coefficient (Wildman–Crippen LogP) is 5.60. The summed E-state index contributed by atoms with van der Waals surface area (Å²) in [6, 6.07) is 18.7. The Labute approximate surface area is 160 Å². The Morgan fingerprint density at radius 3 is 2.38 bits per heavy atom. The normalized spacial score (nSPS) is 10.7. The van der Waals surface area contributed by atoms with Crippen molar-refractivity contribution in [3.8, 4) is 5.75 Å². The molecule has 3 aromatic carbocycles. The molecule has 0 aliphatic rings. The Kier molecular flexibility index (Phi) is 6.36. The Hall–Kier alpha value is -2.24. The van der Waals surface area contributed by atoms with E-state index in [4.69, 9.17) is 4.74 Å². The van der Waals surface area contributed by atoms with Gasteiger partial charge in [-0.25, -0.2) is 8.78 Å². The Bertz CT molecular complexity index is 868. The van der Waals surface area contributed by atoms with E-state index in [9.17, 15) is 8.78 Å². The van der Waals surface area contributed by atoms with Gasteiger partial charge in [0.15, 0.2) is 0 Å². The summed E-state index contributed by atoms with van der Waals surface area (Å²) in [5.41, 5.74) is 2.47. The minimum absolute atomic E-state index is 0.166. The highest BCUT2D eigenvalue weighted by Crippen LogP contribution is 2.24. The highest BCUT2D eigenvalue weighted by Gasteiger charge is 2.07. The average molecular weight is 418 g/mol. The molecule has 5 heteroatoms. The quantitative estimate of drug-likeness (QED) is 0.540. The van der Waals surface area contributed by atoms with Crippen LogP contribution in [0.5, 0.6) is 5.75 Å². The van der Waals surface area contributed by atoms with Gasteiger partial charge in [-0.2, -0.15) is 0 Å². The summed E-state index contributed by atoms with van der Waals surface area (Å²) in [5, 5.41) is 3.32. The van der Waals surface area contributed by atoms with E-state index in [0.717, 1.165) is 15.6 Å². The Balaban J connectivity index is 1.63. The van der Waals surface area contributed by atoms with Crippen molar-refractivity contribution < 1.29 is 13.5 Å². The molecule has 0 spiro atoms. The van der Waals surface area contributed by atoms with Crippen molar-refractivity contribution in [2.45, 2.75) is 19.7 Å². The molecule has 26 heavy (non-hydrogen) atoms. The molecule has 0 saturated heterocycles. The molecule has 0 aromatic heterocycles. The molecule has 134 valence electrons.